The van der Waals surface area contributed by atoms with Crippen LogP contribution in [0.15, 0.2) is 54.4 Å². The fraction of sp³-hybridized carbons (Fsp3) is 0.487. The van der Waals surface area contributed by atoms with Gasteiger partial charge in [-0.25, -0.2) is 17.6 Å². The van der Waals surface area contributed by atoms with Crippen LogP contribution in [0.1, 0.15) is 84.6 Å². The van der Waals surface area contributed by atoms with Crippen LogP contribution in [0.3, 0.4) is 0 Å². The van der Waals surface area contributed by atoms with E-state index in [0.717, 1.165) is 65.0 Å². The van der Waals surface area contributed by atoms with Crippen LogP contribution in [0.2, 0.25) is 0 Å². The molecular weight excluding hydrogens is 662 g/mol. The van der Waals surface area contributed by atoms with Crippen LogP contribution in [-0.4, -0.2) is 88.8 Å². The summed E-state index contributed by atoms with van der Waals surface area (Å²) in [6.07, 6.45) is 5.58. The zero-order valence-electron chi connectivity index (χ0n) is 29.2. The molecule has 0 spiro atoms. The maximum atomic E-state index is 15.5. The number of carbonyl (C=O) groups excluding carboxylic acids is 1. The Balaban J connectivity index is 1.05. The molecule has 2 unspecified atom stereocenters. The lowest BCUT2D eigenvalue weighted by Gasteiger charge is -2.27. The van der Waals surface area contributed by atoms with Crippen molar-refractivity contribution < 1.29 is 32.2 Å². The Morgan fingerprint density at radius 3 is 2.76 bits per heavy atom. The Hall–Kier alpha value is -4.00. The molecule has 0 radical (unpaired) electrons. The number of nitrogens with one attached hydrogen (secondary N) is 2. The summed E-state index contributed by atoms with van der Waals surface area (Å²) in [5.41, 5.74) is 6.46. The number of aryl methyl sites for hydroxylation is 1. The lowest BCUT2D eigenvalue weighted by atomic mass is 9.92. The van der Waals surface area contributed by atoms with Gasteiger partial charge in [-0.15, -0.1) is 0 Å². The van der Waals surface area contributed by atoms with Gasteiger partial charge in [0.2, 0.25) is 0 Å². The highest BCUT2D eigenvalue weighted by atomic mass is 19.3. The van der Waals surface area contributed by atoms with Crippen molar-refractivity contribution in [2.24, 2.45) is 0 Å². The number of hydrogen-bond acceptors (Lipinski definition) is 6. The van der Waals surface area contributed by atoms with Crippen LogP contribution in [-0.2, 0) is 13.0 Å². The predicted octanol–water partition coefficient (Wildman–Crippen LogP) is 7.02. The van der Waals surface area contributed by atoms with Crippen LogP contribution in [0, 0.1) is 5.82 Å². The average Bonchev–Trinajstić information content (AvgIpc) is 3.90. The molecule has 1 aromatic carbocycles. The van der Waals surface area contributed by atoms with E-state index in [1.807, 2.05) is 32.0 Å². The van der Waals surface area contributed by atoms with Crippen molar-refractivity contribution in [3.8, 4) is 17.1 Å². The highest BCUT2D eigenvalue weighted by Crippen LogP contribution is 2.43. The summed E-state index contributed by atoms with van der Waals surface area (Å²) in [5.74, 6) is -0.822. The number of rotatable bonds is 16. The van der Waals surface area contributed by atoms with E-state index in [0.29, 0.717) is 26.1 Å². The largest absolute Gasteiger partial charge is 0.491 e. The van der Waals surface area contributed by atoms with Crippen molar-refractivity contribution in [3.63, 3.8) is 0 Å². The topological polar surface area (TPSA) is 93.7 Å². The molecule has 12 heteroatoms. The number of fused-ring (bicyclic) bond motifs is 2. The molecule has 2 aliphatic carbocycles. The molecule has 51 heavy (non-hydrogen) atoms. The molecule has 1 fully saturated rings. The molecule has 8 nitrogen and oxygen atoms in total. The van der Waals surface area contributed by atoms with Crippen molar-refractivity contribution in [2.75, 3.05) is 39.4 Å². The van der Waals surface area contributed by atoms with E-state index in [1.54, 1.807) is 17.2 Å². The van der Waals surface area contributed by atoms with Gasteiger partial charge in [0.15, 0.2) is 0 Å². The number of ether oxygens (including phenoxy) is 1. The average molecular weight is 710 g/mol. The number of aromatic amines is 1. The second-order valence-corrected chi connectivity index (χ2v) is 13.7. The van der Waals surface area contributed by atoms with Gasteiger partial charge in [-0.2, -0.15) is 0 Å². The molecule has 0 bridgehead atoms. The number of carbonyl (C=O) groups is 1. The Labute approximate surface area is 296 Å². The number of allylic oxidation sites excluding steroid dienone is 3. The first-order valence-electron chi connectivity index (χ1n) is 18.0. The SMILES string of the molecule is CCN(CC(F)F)C(C)CNCc1ccc(-c2cc3c([nH]2)CCC=C3CCC(F)/C=C(\CO)N2CCOc3cc(C4CC4)cc(F)c3C2=O)nc1. The number of halogens is 4. The molecule has 1 aliphatic heterocycles. The van der Waals surface area contributed by atoms with E-state index in [9.17, 15) is 18.7 Å². The van der Waals surface area contributed by atoms with Crippen LogP contribution in [0.4, 0.5) is 17.6 Å². The fourth-order valence-corrected chi connectivity index (χ4v) is 7.04. The number of alkyl halides is 3. The Morgan fingerprint density at radius 2 is 2.06 bits per heavy atom. The molecule has 1 saturated carbocycles. The standard InChI is InChI=1S/C39H47F4N5O3/c1-3-47(22-37(42)43)24(2)19-44-20-25-7-12-34(45-21-25)35-18-31-27(5-4-6-33(31)46-35)10-11-29(40)17-30(23-49)48-13-14-51-36-16-28(26-8-9-26)15-32(41)38(36)39(48)50/h5,7,12,15-18,21,24,26,29,37,44,46,49H,3-4,6,8-11,13-14,19-20,22-23H2,1-2H3/b30-17+. The number of benzene rings is 1. The number of aliphatic hydroxyl groups is 1. The zero-order chi connectivity index (χ0) is 36.1. The molecule has 2 aromatic heterocycles. The van der Waals surface area contributed by atoms with Crippen molar-refractivity contribution in [1.29, 1.82) is 0 Å². The number of H-pyrrole nitrogens is 1. The maximum Gasteiger partial charge on any atom is 0.264 e. The van der Waals surface area contributed by atoms with Gasteiger partial charge in [-0.05, 0) is 111 Å². The van der Waals surface area contributed by atoms with Crippen LogP contribution < -0.4 is 10.1 Å². The molecule has 3 heterocycles. The molecule has 3 aromatic rings. The van der Waals surface area contributed by atoms with Gasteiger partial charge in [-0.3, -0.25) is 14.7 Å². The molecule has 1 amide bonds. The monoisotopic (exact) mass is 709 g/mol. The van der Waals surface area contributed by atoms with E-state index in [4.69, 9.17) is 4.74 Å². The number of nitrogens with zero attached hydrogens (tertiary/aromatic N) is 3. The Kier molecular flexibility index (Phi) is 11.9. The summed E-state index contributed by atoms with van der Waals surface area (Å²) in [6.45, 7) is 4.89. The number of likely N-dealkylation sites (N-methyl/N-ethyl adjacent to an activating group) is 1. The molecule has 274 valence electrons. The van der Waals surface area contributed by atoms with E-state index >= 15 is 8.78 Å². The summed E-state index contributed by atoms with van der Waals surface area (Å²) in [7, 11) is 0. The van der Waals surface area contributed by atoms with Crippen molar-refractivity contribution in [2.45, 2.75) is 83.5 Å². The smallest absolute Gasteiger partial charge is 0.264 e. The number of amides is 1. The van der Waals surface area contributed by atoms with Gasteiger partial charge in [0.1, 0.15) is 29.9 Å². The lowest BCUT2D eigenvalue weighted by Crippen LogP contribution is -2.42. The van der Waals surface area contributed by atoms with Crippen LogP contribution in [0.5, 0.6) is 5.75 Å². The second-order valence-electron chi connectivity index (χ2n) is 13.7. The molecule has 3 N–H and O–H groups in total. The molecule has 2 atom stereocenters. The van der Waals surface area contributed by atoms with Gasteiger partial charge in [0, 0.05) is 36.7 Å². The Bertz CT molecular complexity index is 1740. The summed E-state index contributed by atoms with van der Waals surface area (Å²) in [6, 6.07) is 9.07. The van der Waals surface area contributed by atoms with Gasteiger partial charge in [0.25, 0.3) is 12.3 Å². The fourth-order valence-electron chi connectivity index (χ4n) is 7.04. The van der Waals surface area contributed by atoms with Crippen molar-refractivity contribution in [3.05, 3.63) is 88.1 Å². The normalized spacial score (nSPS) is 17.6. The second kappa shape index (κ2) is 16.6. The third-order valence-corrected chi connectivity index (χ3v) is 10.0. The summed E-state index contributed by atoms with van der Waals surface area (Å²) in [4.78, 5) is 24.6. The minimum atomic E-state index is -2.36. The minimum absolute atomic E-state index is 0.0214. The first kappa shape index (κ1) is 36.8. The molecule has 6 rings (SSSR count). The third-order valence-electron chi connectivity index (χ3n) is 10.0. The first-order chi connectivity index (χ1) is 24.6. The number of hydrogen-bond donors (Lipinski definition) is 3. The quantitative estimate of drug-likeness (QED) is 0.139. The van der Waals surface area contributed by atoms with Gasteiger partial charge < -0.3 is 25.0 Å². The van der Waals surface area contributed by atoms with E-state index in [1.165, 1.54) is 17.0 Å². The molecule has 0 saturated heterocycles. The van der Waals surface area contributed by atoms with Crippen molar-refractivity contribution >= 4 is 11.5 Å². The number of pyridine rings is 1. The highest BCUT2D eigenvalue weighted by molar-refractivity contribution is 5.98. The van der Waals surface area contributed by atoms with Crippen LogP contribution in [0.25, 0.3) is 17.0 Å². The summed E-state index contributed by atoms with van der Waals surface area (Å²) in [5, 5.41) is 13.5. The summed E-state index contributed by atoms with van der Waals surface area (Å²) >= 11 is 0. The van der Waals surface area contributed by atoms with Gasteiger partial charge in [0.05, 0.1) is 31.1 Å². The first-order valence-corrected chi connectivity index (χ1v) is 18.0. The zero-order valence-corrected chi connectivity index (χ0v) is 29.2. The van der Waals surface area contributed by atoms with E-state index in [-0.39, 0.29) is 55.1 Å². The predicted molar refractivity (Wildman–Crippen MR) is 189 cm³/mol. The van der Waals surface area contributed by atoms with Crippen molar-refractivity contribution in [1.82, 2.24) is 25.1 Å². The summed E-state index contributed by atoms with van der Waals surface area (Å²) < 4.78 is 62.1. The van der Waals surface area contributed by atoms with E-state index in [2.05, 4.69) is 21.4 Å². The Morgan fingerprint density at radius 1 is 1.24 bits per heavy atom. The number of aromatic nitrogens is 2. The maximum absolute atomic E-state index is 15.5. The van der Waals surface area contributed by atoms with Gasteiger partial charge in [-0.1, -0.05) is 19.1 Å². The third kappa shape index (κ3) is 8.91. The molecule has 3 aliphatic rings. The molecular formula is C39H47F4N5O3. The minimum Gasteiger partial charge on any atom is -0.491 e. The lowest BCUT2D eigenvalue weighted by molar-refractivity contribution is 0.0722. The van der Waals surface area contributed by atoms with Crippen LogP contribution >= 0.6 is 0 Å². The van der Waals surface area contributed by atoms with Gasteiger partial charge >= 0.3 is 0 Å². The number of aliphatic hydroxyl groups excluding tert-OH is 1. The highest BCUT2D eigenvalue weighted by Gasteiger charge is 2.33. The van der Waals surface area contributed by atoms with E-state index < -0.39 is 30.9 Å².